The van der Waals surface area contributed by atoms with Crippen molar-refractivity contribution >= 4 is 30.4 Å². The molecule has 27 heavy (non-hydrogen) atoms. The smallest absolute Gasteiger partial charge is 0.254 e. The first kappa shape index (κ1) is 19.7. The van der Waals surface area contributed by atoms with Crippen LogP contribution >= 0.6 is 12.6 Å². The number of benzene rings is 1. The first-order valence-corrected chi connectivity index (χ1v) is 9.98. The van der Waals surface area contributed by atoms with Gasteiger partial charge in [-0.2, -0.15) is 0 Å². The number of thiol groups is 1. The molecule has 1 atom stereocenters. The van der Waals surface area contributed by atoms with Gasteiger partial charge in [0.25, 0.3) is 5.91 Å². The maximum absolute atomic E-state index is 12.6. The summed E-state index contributed by atoms with van der Waals surface area (Å²) in [5, 5.41) is 3.08. The van der Waals surface area contributed by atoms with Crippen LogP contribution in [0, 0.1) is 5.92 Å². The number of carbonyl (C=O) groups is 3. The highest BCUT2D eigenvalue weighted by Gasteiger charge is 2.36. The van der Waals surface area contributed by atoms with Crippen LogP contribution in [-0.2, 0) is 9.59 Å². The Bertz CT molecular complexity index is 729. The molecular weight excluding hydrogens is 362 g/mol. The van der Waals surface area contributed by atoms with Gasteiger partial charge in [-0.1, -0.05) is 12.1 Å². The van der Waals surface area contributed by atoms with Gasteiger partial charge < -0.3 is 15.1 Å². The molecule has 0 radical (unpaired) electrons. The zero-order valence-corrected chi connectivity index (χ0v) is 16.7. The van der Waals surface area contributed by atoms with Gasteiger partial charge in [-0.25, -0.2) is 0 Å². The van der Waals surface area contributed by atoms with Gasteiger partial charge >= 0.3 is 0 Å². The van der Waals surface area contributed by atoms with Gasteiger partial charge in [0.2, 0.25) is 11.8 Å². The van der Waals surface area contributed by atoms with E-state index in [2.05, 4.69) is 17.9 Å². The molecule has 7 heteroatoms. The van der Waals surface area contributed by atoms with Crippen LogP contribution < -0.4 is 5.32 Å². The van der Waals surface area contributed by atoms with Crippen molar-refractivity contribution in [3.63, 3.8) is 0 Å². The summed E-state index contributed by atoms with van der Waals surface area (Å²) in [6, 6.07) is 7.47. The Hall–Kier alpha value is -2.02. The summed E-state index contributed by atoms with van der Waals surface area (Å²) >= 11 is 4.36. The van der Waals surface area contributed by atoms with Crippen LogP contribution in [-0.4, -0.2) is 59.2 Å². The molecule has 3 amide bonds. The SMILES string of the molecule is CC(C)N1CC(C(=O)NC2CCN(C(=O)c3ccccc3S)CC2)CC1=O. The quantitative estimate of drug-likeness (QED) is 0.774. The molecule has 6 nitrogen and oxygen atoms in total. The van der Waals surface area contributed by atoms with Crippen molar-refractivity contribution in [3.05, 3.63) is 29.8 Å². The lowest BCUT2D eigenvalue weighted by Crippen LogP contribution is -2.48. The first-order valence-electron chi connectivity index (χ1n) is 9.54. The van der Waals surface area contributed by atoms with Gasteiger partial charge in [-0.3, -0.25) is 14.4 Å². The van der Waals surface area contributed by atoms with Crippen molar-refractivity contribution in [2.45, 2.75) is 50.1 Å². The van der Waals surface area contributed by atoms with Crippen LogP contribution in [0.15, 0.2) is 29.2 Å². The molecule has 0 bridgehead atoms. The monoisotopic (exact) mass is 389 g/mol. The van der Waals surface area contributed by atoms with E-state index in [0.29, 0.717) is 36.5 Å². The third-order valence-corrected chi connectivity index (χ3v) is 5.81. The number of nitrogens with zero attached hydrogens (tertiary/aromatic N) is 2. The van der Waals surface area contributed by atoms with Crippen molar-refractivity contribution in [1.82, 2.24) is 15.1 Å². The Morgan fingerprint density at radius 2 is 1.85 bits per heavy atom. The maximum atomic E-state index is 12.6. The lowest BCUT2D eigenvalue weighted by Gasteiger charge is -2.33. The third kappa shape index (κ3) is 4.46. The van der Waals surface area contributed by atoms with Crippen molar-refractivity contribution in [2.24, 2.45) is 5.92 Å². The second-order valence-corrected chi connectivity index (χ2v) is 8.11. The van der Waals surface area contributed by atoms with Gasteiger partial charge in [0.05, 0.1) is 11.5 Å². The molecule has 0 aromatic heterocycles. The zero-order valence-electron chi connectivity index (χ0n) is 15.9. The summed E-state index contributed by atoms with van der Waals surface area (Å²) < 4.78 is 0. The molecule has 0 aliphatic carbocycles. The lowest BCUT2D eigenvalue weighted by atomic mass is 10.0. The second-order valence-electron chi connectivity index (χ2n) is 7.63. The largest absolute Gasteiger partial charge is 0.353 e. The highest BCUT2D eigenvalue weighted by molar-refractivity contribution is 7.80. The minimum absolute atomic E-state index is 0.0145. The number of rotatable bonds is 4. The van der Waals surface area contributed by atoms with Crippen LogP contribution in [0.1, 0.15) is 43.5 Å². The van der Waals surface area contributed by atoms with Crippen molar-refractivity contribution in [1.29, 1.82) is 0 Å². The van der Waals surface area contributed by atoms with E-state index in [-0.39, 0.29) is 35.7 Å². The Kier molecular flexibility index (Phi) is 6.09. The van der Waals surface area contributed by atoms with E-state index in [1.807, 2.05) is 36.9 Å². The van der Waals surface area contributed by atoms with Gasteiger partial charge in [-0.15, -0.1) is 12.6 Å². The van der Waals surface area contributed by atoms with E-state index in [1.54, 1.807) is 11.0 Å². The molecule has 2 saturated heterocycles. The average Bonchev–Trinajstić information content (AvgIpc) is 3.04. The van der Waals surface area contributed by atoms with Gasteiger partial charge in [0.15, 0.2) is 0 Å². The van der Waals surface area contributed by atoms with E-state index in [9.17, 15) is 14.4 Å². The van der Waals surface area contributed by atoms with Crippen LogP contribution in [0.3, 0.4) is 0 Å². The molecule has 0 saturated carbocycles. The average molecular weight is 390 g/mol. The predicted octanol–water partition coefficient (Wildman–Crippen LogP) is 1.95. The highest BCUT2D eigenvalue weighted by atomic mass is 32.1. The first-order chi connectivity index (χ1) is 12.9. The van der Waals surface area contributed by atoms with E-state index in [4.69, 9.17) is 0 Å². The molecule has 0 spiro atoms. The minimum Gasteiger partial charge on any atom is -0.353 e. The fourth-order valence-electron chi connectivity index (χ4n) is 3.78. The predicted molar refractivity (Wildman–Crippen MR) is 106 cm³/mol. The summed E-state index contributed by atoms with van der Waals surface area (Å²) in [6.45, 7) is 5.64. The molecule has 146 valence electrons. The standard InChI is InChI=1S/C20H27N3O3S/c1-13(2)23-12-14(11-18(23)24)19(25)21-15-7-9-22(10-8-15)20(26)16-5-3-4-6-17(16)27/h3-6,13-15,27H,7-12H2,1-2H3,(H,21,25). The number of piperidine rings is 1. The summed E-state index contributed by atoms with van der Waals surface area (Å²) in [7, 11) is 0. The van der Waals surface area contributed by atoms with E-state index in [1.165, 1.54) is 0 Å². The number of carbonyl (C=O) groups excluding carboxylic acids is 3. The third-order valence-electron chi connectivity index (χ3n) is 5.42. The molecule has 1 aromatic rings. The second kappa shape index (κ2) is 8.33. The summed E-state index contributed by atoms with van der Waals surface area (Å²) in [5.41, 5.74) is 0.613. The molecule has 2 fully saturated rings. The molecule has 2 aliphatic rings. The fourth-order valence-corrected chi connectivity index (χ4v) is 4.03. The lowest BCUT2D eigenvalue weighted by molar-refractivity contribution is -0.130. The summed E-state index contributed by atoms with van der Waals surface area (Å²) in [6.07, 6.45) is 1.74. The van der Waals surface area contributed by atoms with Crippen molar-refractivity contribution in [2.75, 3.05) is 19.6 Å². The number of nitrogens with one attached hydrogen (secondary N) is 1. The zero-order chi connectivity index (χ0) is 19.6. The fraction of sp³-hybridized carbons (Fsp3) is 0.550. The summed E-state index contributed by atoms with van der Waals surface area (Å²) in [5.74, 6) is -0.275. The van der Waals surface area contributed by atoms with Gasteiger partial charge in [0, 0.05) is 43.0 Å². The Morgan fingerprint density at radius 3 is 2.44 bits per heavy atom. The number of amides is 3. The molecule has 2 heterocycles. The molecule has 2 aliphatic heterocycles. The highest BCUT2D eigenvalue weighted by Crippen LogP contribution is 2.22. The van der Waals surface area contributed by atoms with Crippen LogP contribution in [0.4, 0.5) is 0 Å². The molecule has 1 N–H and O–H groups in total. The van der Waals surface area contributed by atoms with E-state index < -0.39 is 0 Å². The number of hydrogen-bond acceptors (Lipinski definition) is 4. The molecule has 3 rings (SSSR count). The van der Waals surface area contributed by atoms with Gasteiger partial charge in [-0.05, 0) is 38.8 Å². The van der Waals surface area contributed by atoms with Crippen molar-refractivity contribution in [3.8, 4) is 0 Å². The molecular formula is C20H27N3O3S. The Labute approximate surface area is 165 Å². The van der Waals surface area contributed by atoms with Gasteiger partial charge in [0.1, 0.15) is 0 Å². The topological polar surface area (TPSA) is 69.7 Å². The van der Waals surface area contributed by atoms with Crippen LogP contribution in [0.5, 0.6) is 0 Å². The van der Waals surface area contributed by atoms with Crippen LogP contribution in [0.25, 0.3) is 0 Å². The Morgan fingerprint density at radius 1 is 1.19 bits per heavy atom. The van der Waals surface area contributed by atoms with Crippen LogP contribution in [0.2, 0.25) is 0 Å². The molecule has 1 unspecified atom stereocenters. The van der Waals surface area contributed by atoms with E-state index >= 15 is 0 Å². The minimum atomic E-state index is -0.268. The molecule has 1 aromatic carbocycles. The number of likely N-dealkylation sites (tertiary alicyclic amines) is 2. The summed E-state index contributed by atoms with van der Waals surface area (Å²) in [4.78, 5) is 41.4. The maximum Gasteiger partial charge on any atom is 0.254 e. The normalized spacial score (nSPS) is 21.0. The number of hydrogen-bond donors (Lipinski definition) is 2. The van der Waals surface area contributed by atoms with Crippen molar-refractivity contribution < 1.29 is 14.4 Å². The van der Waals surface area contributed by atoms with E-state index in [0.717, 1.165) is 12.8 Å². The Balaban J connectivity index is 1.50.